The van der Waals surface area contributed by atoms with Crippen LogP contribution in [0.15, 0.2) is 29.6 Å². The van der Waals surface area contributed by atoms with Crippen molar-refractivity contribution in [1.82, 2.24) is 14.8 Å². The minimum atomic E-state index is -0.0747. The SMILES string of the molecule is NCCc1nc(C(=O)N2CCN(C(=O)Cc3ccc(Cl)cc3)CC2)cs1. The molecule has 0 radical (unpaired) electrons. The fraction of sp³-hybridized carbons (Fsp3) is 0.389. The Hall–Kier alpha value is -1.96. The lowest BCUT2D eigenvalue weighted by Crippen LogP contribution is -2.51. The maximum atomic E-state index is 12.5. The Bertz CT molecular complexity index is 770. The van der Waals surface area contributed by atoms with Gasteiger partial charge in [-0.25, -0.2) is 4.98 Å². The molecule has 0 unspecified atom stereocenters. The molecule has 8 heteroatoms. The summed E-state index contributed by atoms with van der Waals surface area (Å²) in [7, 11) is 0. The van der Waals surface area contributed by atoms with Gasteiger partial charge in [0.1, 0.15) is 5.69 Å². The molecule has 0 bridgehead atoms. The second kappa shape index (κ2) is 8.62. The van der Waals surface area contributed by atoms with Crippen molar-refractivity contribution in [3.63, 3.8) is 0 Å². The average molecular weight is 393 g/mol. The Morgan fingerprint density at radius 3 is 2.42 bits per heavy atom. The summed E-state index contributed by atoms with van der Waals surface area (Å²) >= 11 is 7.33. The van der Waals surface area contributed by atoms with Gasteiger partial charge in [0.15, 0.2) is 0 Å². The van der Waals surface area contributed by atoms with E-state index in [1.54, 1.807) is 27.3 Å². The highest BCUT2D eigenvalue weighted by Crippen LogP contribution is 2.15. The topological polar surface area (TPSA) is 79.5 Å². The molecule has 1 aliphatic rings. The third kappa shape index (κ3) is 4.60. The van der Waals surface area contributed by atoms with E-state index in [4.69, 9.17) is 17.3 Å². The van der Waals surface area contributed by atoms with Crippen LogP contribution in [0, 0.1) is 0 Å². The summed E-state index contributed by atoms with van der Waals surface area (Å²) in [4.78, 5) is 32.9. The van der Waals surface area contributed by atoms with E-state index in [9.17, 15) is 9.59 Å². The standard InChI is InChI=1S/C18H21ClN4O2S/c19-14-3-1-13(2-4-14)11-17(24)22-7-9-23(10-8-22)18(25)15-12-26-16(21-15)5-6-20/h1-4,12H,5-11,20H2. The molecule has 0 aliphatic carbocycles. The summed E-state index contributed by atoms with van der Waals surface area (Å²) in [6.45, 7) is 2.65. The van der Waals surface area contributed by atoms with Gasteiger partial charge in [-0.2, -0.15) is 0 Å². The first-order valence-electron chi connectivity index (χ1n) is 8.53. The van der Waals surface area contributed by atoms with Crippen LogP contribution in [0.2, 0.25) is 5.02 Å². The Kier molecular flexibility index (Phi) is 6.24. The second-order valence-corrected chi connectivity index (χ2v) is 7.52. The summed E-state index contributed by atoms with van der Waals surface area (Å²) in [6.07, 6.45) is 1.03. The third-order valence-electron chi connectivity index (χ3n) is 4.32. The van der Waals surface area contributed by atoms with Crippen LogP contribution in [0.25, 0.3) is 0 Å². The predicted octanol–water partition coefficient (Wildman–Crippen LogP) is 1.82. The molecule has 138 valence electrons. The van der Waals surface area contributed by atoms with Crippen molar-refractivity contribution in [2.24, 2.45) is 5.73 Å². The van der Waals surface area contributed by atoms with Crippen molar-refractivity contribution in [3.8, 4) is 0 Å². The van der Waals surface area contributed by atoms with Crippen LogP contribution < -0.4 is 5.73 Å². The largest absolute Gasteiger partial charge is 0.339 e. The fourth-order valence-electron chi connectivity index (χ4n) is 2.86. The molecule has 1 aromatic carbocycles. The van der Waals surface area contributed by atoms with Crippen LogP contribution >= 0.6 is 22.9 Å². The quantitative estimate of drug-likeness (QED) is 0.841. The van der Waals surface area contributed by atoms with Crippen LogP contribution in [-0.2, 0) is 17.6 Å². The van der Waals surface area contributed by atoms with E-state index in [1.807, 2.05) is 12.1 Å². The number of nitrogens with two attached hydrogens (primary N) is 1. The number of thiazole rings is 1. The van der Waals surface area contributed by atoms with Crippen molar-refractivity contribution in [2.75, 3.05) is 32.7 Å². The maximum Gasteiger partial charge on any atom is 0.273 e. The van der Waals surface area contributed by atoms with Gasteiger partial charge in [0.2, 0.25) is 5.91 Å². The lowest BCUT2D eigenvalue weighted by Gasteiger charge is -2.34. The van der Waals surface area contributed by atoms with E-state index in [0.717, 1.165) is 10.6 Å². The highest BCUT2D eigenvalue weighted by Gasteiger charge is 2.26. The Morgan fingerprint density at radius 1 is 1.12 bits per heavy atom. The van der Waals surface area contributed by atoms with Crippen molar-refractivity contribution in [2.45, 2.75) is 12.8 Å². The van der Waals surface area contributed by atoms with Gasteiger partial charge in [-0.1, -0.05) is 23.7 Å². The Balaban J connectivity index is 1.52. The van der Waals surface area contributed by atoms with Gasteiger partial charge in [-0.3, -0.25) is 9.59 Å². The van der Waals surface area contributed by atoms with E-state index >= 15 is 0 Å². The van der Waals surface area contributed by atoms with Crippen molar-refractivity contribution in [3.05, 3.63) is 50.9 Å². The molecule has 1 aromatic heterocycles. The van der Waals surface area contributed by atoms with E-state index in [1.165, 1.54) is 11.3 Å². The van der Waals surface area contributed by atoms with E-state index in [2.05, 4.69) is 4.98 Å². The molecule has 2 amide bonds. The smallest absolute Gasteiger partial charge is 0.273 e. The molecule has 0 atom stereocenters. The minimum Gasteiger partial charge on any atom is -0.339 e. The van der Waals surface area contributed by atoms with Gasteiger partial charge in [0.25, 0.3) is 5.91 Å². The molecule has 1 saturated heterocycles. The van der Waals surface area contributed by atoms with Crippen molar-refractivity contribution in [1.29, 1.82) is 0 Å². The maximum absolute atomic E-state index is 12.5. The van der Waals surface area contributed by atoms with Crippen molar-refractivity contribution < 1.29 is 9.59 Å². The van der Waals surface area contributed by atoms with Gasteiger partial charge < -0.3 is 15.5 Å². The lowest BCUT2D eigenvalue weighted by molar-refractivity contribution is -0.131. The number of rotatable bonds is 5. The zero-order valence-electron chi connectivity index (χ0n) is 14.4. The number of hydrogen-bond acceptors (Lipinski definition) is 5. The number of benzene rings is 1. The van der Waals surface area contributed by atoms with Gasteiger partial charge >= 0.3 is 0 Å². The Morgan fingerprint density at radius 2 is 1.77 bits per heavy atom. The molecule has 1 aliphatic heterocycles. The molecule has 6 nitrogen and oxygen atoms in total. The first-order valence-corrected chi connectivity index (χ1v) is 9.78. The number of piperazine rings is 1. The first-order chi connectivity index (χ1) is 12.6. The van der Waals surface area contributed by atoms with Crippen molar-refractivity contribution >= 4 is 34.8 Å². The van der Waals surface area contributed by atoms with Gasteiger partial charge in [-0.05, 0) is 24.2 Å². The zero-order valence-corrected chi connectivity index (χ0v) is 15.9. The predicted molar refractivity (Wildman–Crippen MR) is 103 cm³/mol. The lowest BCUT2D eigenvalue weighted by atomic mass is 10.1. The van der Waals surface area contributed by atoms with Crippen LogP contribution in [0.3, 0.4) is 0 Å². The Labute approximate surface area is 161 Å². The minimum absolute atomic E-state index is 0.0679. The van der Waals surface area contributed by atoms with Crippen LogP contribution in [0.4, 0.5) is 0 Å². The molecule has 2 N–H and O–H groups in total. The molecule has 2 aromatic rings. The molecular weight excluding hydrogens is 372 g/mol. The normalized spacial score (nSPS) is 14.5. The highest BCUT2D eigenvalue weighted by molar-refractivity contribution is 7.09. The monoisotopic (exact) mass is 392 g/mol. The molecule has 1 fully saturated rings. The number of hydrogen-bond donors (Lipinski definition) is 1. The number of aromatic nitrogens is 1. The molecular formula is C18H21ClN4O2S. The first kappa shape index (κ1) is 18.8. The third-order valence-corrected chi connectivity index (χ3v) is 5.48. The molecule has 3 rings (SSSR count). The summed E-state index contributed by atoms with van der Waals surface area (Å²) in [5.41, 5.74) is 6.93. The number of carbonyl (C=O) groups is 2. The van der Waals surface area contributed by atoms with Crippen LogP contribution in [-0.4, -0.2) is 59.3 Å². The molecule has 0 spiro atoms. The molecule has 0 saturated carbocycles. The summed E-state index contributed by atoms with van der Waals surface area (Å²) < 4.78 is 0. The van der Waals surface area contributed by atoms with Crippen LogP contribution in [0.5, 0.6) is 0 Å². The van der Waals surface area contributed by atoms with E-state index < -0.39 is 0 Å². The number of carbonyl (C=O) groups excluding carboxylic acids is 2. The zero-order chi connectivity index (χ0) is 18.5. The number of halogens is 1. The van der Waals surface area contributed by atoms with Gasteiger partial charge in [0, 0.05) is 43.0 Å². The fourth-order valence-corrected chi connectivity index (χ4v) is 3.77. The van der Waals surface area contributed by atoms with E-state index in [0.29, 0.717) is 56.3 Å². The van der Waals surface area contributed by atoms with E-state index in [-0.39, 0.29) is 11.8 Å². The molecule has 2 heterocycles. The van der Waals surface area contributed by atoms with Crippen LogP contribution in [0.1, 0.15) is 21.1 Å². The number of nitrogens with zero attached hydrogens (tertiary/aromatic N) is 3. The van der Waals surface area contributed by atoms with Gasteiger partial charge in [-0.15, -0.1) is 11.3 Å². The summed E-state index contributed by atoms with van der Waals surface area (Å²) in [5, 5.41) is 3.32. The number of amides is 2. The molecule has 26 heavy (non-hydrogen) atoms. The summed E-state index contributed by atoms with van der Waals surface area (Å²) in [6, 6.07) is 7.30. The highest BCUT2D eigenvalue weighted by atomic mass is 35.5. The second-order valence-electron chi connectivity index (χ2n) is 6.14. The summed E-state index contributed by atoms with van der Waals surface area (Å²) in [5.74, 6) is -0.00682. The average Bonchev–Trinajstić information content (AvgIpc) is 3.12. The van der Waals surface area contributed by atoms with Gasteiger partial charge in [0.05, 0.1) is 11.4 Å².